The summed E-state index contributed by atoms with van der Waals surface area (Å²) >= 11 is 0. The zero-order valence-electron chi connectivity index (χ0n) is 22.4. The highest BCUT2D eigenvalue weighted by molar-refractivity contribution is 6.00. The summed E-state index contributed by atoms with van der Waals surface area (Å²) in [6.45, 7) is 4.06. The van der Waals surface area contributed by atoms with Crippen LogP contribution in [0.1, 0.15) is 35.8 Å². The number of piperazine rings is 1. The molecular weight excluding hydrogens is 486 g/mol. The van der Waals surface area contributed by atoms with Crippen molar-refractivity contribution in [3.05, 3.63) is 64.1 Å². The van der Waals surface area contributed by atoms with E-state index in [1.54, 1.807) is 30.2 Å². The smallest absolute Gasteiger partial charge is 0.264 e. The van der Waals surface area contributed by atoms with Gasteiger partial charge < -0.3 is 34.1 Å². The molecule has 1 fully saturated rings. The van der Waals surface area contributed by atoms with Crippen LogP contribution in [-0.4, -0.2) is 68.4 Å². The number of aromatic amines is 1. The van der Waals surface area contributed by atoms with Gasteiger partial charge >= 0.3 is 0 Å². The first-order chi connectivity index (χ1) is 18.4. The number of hydrogen-bond acceptors (Lipinski definition) is 7. The molecule has 0 spiro atoms. The third-order valence-electron chi connectivity index (χ3n) is 6.94. The van der Waals surface area contributed by atoms with Crippen LogP contribution in [0.15, 0.2) is 47.3 Å². The fourth-order valence-electron chi connectivity index (χ4n) is 4.86. The number of benzene rings is 2. The fraction of sp³-hybridized carbons (Fsp3) is 0.379. The molecule has 0 saturated carbocycles. The van der Waals surface area contributed by atoms with Gasteiger partial charge in [-0.1, -0.05) is 19.4 Å². The highest BCUT2D eigenvalue weighted by Crippen LogP contribution is 2.44. The lowest BCUT2D eigenvalue weighted by Gasteiger charge is -2.36. The van der Waals surface area contributed by atoms with E-state index in [2.05, 4.69) is 9.88 Å². The van der Waals surface area contributed by atoms with Gasteiger partial charge in [-0.2, -0.15) is 0 Å². The molecule has 1 aliphatic heterocycles. The summed E-state index contributed by atoms with van der Waals surface area (Å²) in [7, 11) is 4.68. The van der Waals surface area contributed by atoms with Gasteiger partial charge in [0.15, 0.2) is 0 Å². The molecule has 202 valence electrons. The Hall–Kier alpha value is -4.14. The van der Waals surface area contributed by atoms with Crippen molar-refractivity contribution in [1.29, 1.82) is 0 Å². The fourth-order valence-corrected chi connectivity index (χ4v) is 4.86. The minimum absolute atomic E-state index is 0.272. The van der Waals surface area contributed by atoms with Crippen molar-refractivity contribution in [3.63, 3.8) is 0 Å². The zero-order valence-corrected chi connectivity index (χ0v) is 22.4. The molecule has 2 heterocycles. The first-order valence-corrected chi connectivity index (χ1v) is 12.8. The molecule has 1 saturated heterocycles. The maximum atomic E-state index is 13.6. The number of carbonyl (C=O) groups excluding carboxylic acids is 1. The lowest BCUT2D eigenvalue weighted by atomic mass is 9.95. The number of hydrogen-bond donors (Lipinski definition) is 2. The lowest BCUT2D eigenvalue weighted by molar-refractivity contribution is 0.0742. The van der Waals surface area contributed by atoms with Crippen molar-refractivity contribution >= 4 is 11.6 Å². The average Bonchev–Trinajstić information content (AvgIpc) is 2.95. The number of H-pyrrole nitrogens is 1. The first-order valence-electron chi connectivity index (χ1n) is 12.8. The van der Waals surface area contributed by atoms with Gasteiger partial charge in [-0.05, 0) is 49.2 Å². The highest BCUT2D eigenvalue weighted by atomic mass is 16.5. The van der Waals surface area contributed by atoms with Crippen molar-refractivity contribution < 1.29 is 24.1 Å². The zero-order chi connectivity index (χ0) is 27.2. The minimum Gasteiger partial charge on any atom is -0.506 e. The van der Waals surface area contributed by atoms with Gasteiger partial charge in [0.2, 0.25) is 0 Å². The topological polar surface area (TPSA) is 104 Å². The second-order valence-electron chi connectivity index (χ2n) is 9.15. The van der Waals surface area contributed by atoms with Crippen LogP contribution >= 0.6 is 0 Å². The van der Waals surface area contributed by atoms with Gasteiger partial charge in [-0.3, -0.25) is 9.59 Å². The maximum absolute atomic E-state index is 13.6. The van der Waals surface area contributed by atoms with Crippen LogP contribution < -0.4 is 24.7 Å². The van der Waals surface area contributed by atoms with Crippen LogP contribution in [0.25, 0.3) is 11.1 Å². The molecule has 0 unspecified atom stereocenters. The molecule has 38 heavy (non-hydrogen) atoms. The third kappa shape index (κ3) is 5.27. The third-order valence-corrected chi connectivity index (χ3v) is 6.94. The minimum atomic E-state index is -0.603. The molecule has 1 amide bonds. The molecule has 1 aliphatic rings. The van der Waals surface area contributed by atoms with Crippen LogP contribution in [0.2, 0.25) is 0 Å². The Kier molecular flexibility index (Phi) is 8.45. The molecule has 0 atom stereocenters. The van der Waals surface area contributed by atoms with Gasteiger partial charge in [0.05, 0.1) is 32.5 Å². The summed E-state index contributed by atoms with van der Waals surface area (Å²) < 4.78 is 16.4. The van der Waals surface area contributed by atoms with Gasteiger partial charge in [0, 0.05) is 37.6 Å². The first kappa shape index (κ1) is 26.9. The molecular formula is C29H35N3O6. The van der Waals surface area contributed by atoms with Crippen molar-refractivity contribution in [2.24, 2.45) is 0 Å². The normalized spacial score (nSPS) is 13.4. The number of pyridine rings is 1. The van der Waals surface area contributed by atoms with E-state index in [0.717, 1.165) is 24.3 Å². The number of nitrogens with zero attached hydrogens (tertiary/aromatic N) is 2. The second kappa shape index (κ2) is 11.9. The Morgan fingerprint density at radius 2 is 1.55 bits per heavy atom. The van der Waals surface area contributed by atoms with Crippen LogP contribution in [0, 0.1) is 0 Å². The molecule has 4 rings (SSSR count). The summed E-state index contributed by atoms with van der Waals surface area (Å²) in [5, 5.41) is 11.5. The molecule has 9 heteroatoms. The van der Waals surface area contributed by atoms with E-state index in [1.807, 2.05) is 31.2 Å². The Balaban J connectivity index is 1.69. The number of aromatic hydroxyl groups is 1. The Labute approximate surface area is 222 Å². The number of methoxy groups -OCH3 is 3. The predicted octanol–water partition coefficient (Wildman–Crippen LogP) is 4.08. The number of amides is 1. The van der Waals surface area contributed by atoms with E-state index in [1.165, 1.54) is 14.2 Å². The molecule has 3 aromatic rings. The van der Waals surface area contributed by atoms with E-state index in [0.29, 0.717) is 60.9 Å². The van der Waals surface area contributed by atoms with E-state index in [9.17, 15) is 14.7 Å². The molecule has 0 bridgehead atoms. The monoisotopic (exact) mass is 521 g/mol. The van der Waals surface area contributed by atoms with Gasteiger partial charge in [0.1, 0.15) is 28.6 Å². The number of rotatable bonds is 9. The predicted molar refractivity (Wildman–Crippen MR) is 147 cm³/mol. The molecule has 1 aromatic heterocycles. The Morgan fingerprint density at radius 1 is 0.921 bits per heavy atom. The Morgan fingerprint density at radius 3 is 2.11 bits per heavy atom. The molecule has 2 N–H and O–H groups in total. The summed E-state index contributed by atoms with van der Waals surface area (Å²) in [6, 6.07) is 13.1. The van der Waals surface area contributed by atoms with Crippen molar-refractivity contribution in [1.82, 2.24) is 9.88 Å². The quantitative estimate of drug-likeness (QED) is 0.437. The highest BCUT2D eigenvalue weighted by Gasteiger charge is 2.31. The molecule has 0 radical (unpaired) electrons. The molecule has 9 nitrogen and oxygen atoms in total. The number of nitrogens with one attached hydrogen (secondary N) is 1. The van der Waals surface area contributed by atoms with Crippen LogP contribution in [0.3, 0.4) is 0 Å². The van der Waals surface area contributed by atoms with E-state index in [-0.39, 0.29) is 11.3 Å². The van der Waals surface area contributed by atoms with Crippen molar-refractivity contribution in [2.45, 2.75) is 26.2 Å². The summed E-state index contributed by atoms with van der Waals surface area (Å²) in [5.74, 6) is 0.856. The SMILES string of the molecule is CCCCc1[nH]c(=O)c(C(=O)N2CCN(c3ccc(OC)cc3)CC2)c(O)c1-c1c(OC)cccc1OC. The lowest BCUT2D eigenvalue weighted by Crippen LogP contribution is -2.49. The summed E-state index contributed by atoms with van der Waals surface area (Å²) in [5.41, 5.74) is 1.55. The van der Waals surface area contributed by atoms with E-state index < -0.39 is 11.5 Å². The summed E-state index contributed by atoms with van der Waals surface area (Å²) in [6.07, 6.45) is 2.20. The van der Waals surface area contributed by atoms with Gasteiger partial charge in [-0.15, -0.1) is 0 Å². The second-order valence-corrected chi connectivity index (χ2v) is 9.15. The molecule has 2 aromatic carbocycles. The maximum Gasteiger partial charge on any atom is 0.264 e. The molecule has 0 aliphatic carbocycles. The van der Waals surface area contributed by atoms with E-state index >= 15 is 0 Å². The number of ether oxygens (including phenoxy) is 3. The van der Waals surface area contributed by atoms with Crippen LogP contribution in [0.4, 0.5) is 5.69 Å². The largest absolute Gasteiger partial charge is 0.506 e. The average molecular weight is 522 g/mol. The van der Waals surface area contributed by atoms with E-state index in [4.69, 9.17) is 14.2 Å². The van der Waals surface area contributed by atoms with Crippen molar-refractivity contribution in [3.8, 4) is 34.1 Å². The van der Waals surface area contributed by atoms with Crippen LogP contribution in [-0.2, 0) is 6.42 Å². The number of aryl methyl sites for hydroxylation is 1. The number of unbranched alkanes of at least 4 members (excludes halogenated alkanes) is 1. The Bertz CT molecular complexity index is 1310. The number of carbonyl (C=O) groups is 1. The standard InChI is InChI=1S/C29H35N3O6/c1-5-6-8-21-24(25-22(37-3)9-7-10-23(25)38-4)27(33)26(28(34)30-21)29(35)32-17-15-31(16-18-32)19-11-13-20(36-2)14-12-19/h7,9-14H,5-6,8,15-18H2,1-4H3,(H2,30,33,34). The van der Waals surface area contributed by atoms with Crippen LogP contribution in [0.5, 0.6) is 23.0 Å². The van der Waals surface area contributed by atoms with Gasteiger partial charge in [-0.25, -0.2) is 0 Å². The van der Waals surface area contributed by atoms with Gasteiger partial charge in [0.25, 0.3) is 11.5 Å². The number of aromatic nitrogens is 1. The number of anilines is 1. The summed E-state index contributed by atoms with van der Waals surface area (Å²) in [4.78, 5) is 33.5. The van der Waals surface area contributed by atoms with Crippen molar-refractivity contribution in [2.75, 3.05) is 52.4 Å².